The fraction of sp³-hybridized carbons (Fsp3) is 0.875. The predicted octanol–water partition coefficient (Wildman–Crippen LogP) is 3.30. The van der Waals surface area contributed by atoms with E-state index in [0.717, 1.165) is 0 Å². The molecule has 0 aliphatic heterocycles. The van der Waals surface area contributed by atoms with Gasteiger partial charge < -0.3 is 4.74 Å². The van der Waals surface area contributed by atoms with Gasteiger partial charge in [0.15, 0.2) is 0 Å². The molecule has 2 rings (SSSR count). The Morgan fingerprint density at radius 3 is 2.58 bits per heavy atom. The second kappa shape index (κ2) is 8.03. The maximum atomic E-state index is 5.87. The SMILES string of the molecule is COC(C1CCCCC1)C(NN)C1=CCCCCC1. The molecule has 2 aliphatic carbocycles. The number of nitrogens with one attached hydrogen (secondary N) is 1. The monoisotopic (exact) mass is 266 g/mol. The van der Waals surface area contributed by atoms with Crippen molar-refractivity contribution >= 4 is 0 Å². The van der Waals surface area contributed by atoms with Gasteiger partial charge in [0.05, 0.1) is 12.1 Å². The van der Waals surface area contributed by atoms with E-state index in [1.165, 1.54) is 69.8 Å². The van der Waals surface area contributed by atoms with Crippen molar-refractivity contribution in [1.82, 2.24) is 5.43 Å². The molecule has 0 aromatic carbocycles. The molecule has 3 heteroatoms. The lowest BCUT2D eigenvalue weighted by Gasteiger charge is -2.35. The van der Waals surface area contributed by atoms with E-state index in [2.05, 4.69) is 11.5 Å². The third-order valence-electron chi connectivity index (χ3n) is 4.87. The zero-order chi connectivity index (χ0) is 13.5. The molecule has 1 fully saturated rings. The van der Waals surface area contributed by atoms with Gasteiger partial charge in [-0.05, 0) is 44.4 Å². The quantitative estimate of drug-likeness (QED) is 0.456. The molecule has 0 saturated heterocycles. The Morgan fingerprint density at radius 1 is 1.16 bits per heavy atom. The van der Waals surface area contributed by atoms with Gasteiger partial charge in [0.2, 0.25) is 0 Å². The highest BCUT2D eigenvalue weighted by molar-refractivity contribution is 5.15. The van der Waals surface area contributed by atoms with Crippen molar-refractivity contribution in [2.24, 2.45) is 11.8 Å². The van der Waals surface area contributed by atoms with Crippen LogP contribution in [0, 0.1) is 5.92 Å². The molecule has 0 heterocycles. The van der Waals surface area contributed by atoms with Gasteiger partial charge >= 0.3 is 0 Å². The lowest BCUT2D eigenvalue weighted by Crippen LogP contribution is -2.49. The predicted molar refractivity (Wildman–Crippen MR) is 79.7 cm³/mol. The van der Waals surface area contributed by atoms with E-state index in [-0.39, 0.29) is 12.1 Å². The molecule has 0 spiro atoms. The van der Waals surface area contributed by atoms with Gasteiger partial charge in [-0.15, -0.1) is 0 Å². The highest BCUT2D eigenvalue weighted by Gasteiger charge is 2.32. The van der Waals surface area contributed by atoms with Crippen LogP contribution in [0.25, 0.3) is 0 Å². The van der Waals surface area contributed by atoms with E-state index in [1.54, 1.807) is 0 Å². The minimum absolute atomic E-state index is 0.214. The minimum Gasteiger partial charge on any atom is -0.379 e. The summed E-state index contributed by atoms with van der Waals surface area (Å²) in [6.07, 6.45) is 15.7. The van der Waals surface area contributed by atoms with Crippen LogP contribution in [0.2, 0.25) is 0 Å². The van der Waals surface area contributed by atoms with E-state index < -0.39 is 0 Å². The van der Waals surface area contributed by atoms with Gasteiger partial charge in [-0.25, -0.2) is 0 Å². The topological polar surface area (TPSA) is 47.3 Å². The summed E-state index contributed by atoms with van der Waals surface area (Å²) in [5, 5.41) is 0. The third-order valence-corrected chi connectivity index (χ3v) is 4.87. The number of ether oxygens (including phenoxy) is 1. The summed E-state index contributed by atoms with van der Waals surface area (Å²) in [5.74, 6) is 6.54. The molecule has 2 atom stereocenters. The maximum absolute atomic E-state index is 5.87. The van der Waals surface area contributed by atoms with Gasteiger partial charge in [-0.1, -0.05) is 37.3 Å². The lowest BCUT2D eigenvalue weighted by atomic mass is 9.80. The Balaban J connectivity index is 2.05. The van der Waals surface area contributed by atoms with Crippen molar-refractivity contribution in [3.8, 4) is 0 Å². The normalized spacial score (nSPS) is 25.5. The van der Waals surface area contributed by atoms with Gasteiger partial charge in [0.25, 0.3) is 0 Å². The van der Waals surface area contributed by atoms with Gasteiger partial charge in [-0.3, -0.25) is 11.3 Å². The molecule has 3 N–H and O–H groups in total. The Kier molecular flexibility index (Phi) is 6.35. The first-order valence-corrected chi connectivity index (χ1v) is 8.04. The summed E-state index contributed by atoms with van der Waals surface area (Å²) in [4.78, 5) is 0. The number of hydrogen-bond donors (Lipinski definition) is 2. The molecule has 0 radical (unpaired) electrons. The molecular formula is C16H30N2O. The summed E-state index contributed by atoms with van der Waals surface area (Å²) < 4.78 is 5.85. The summed E-state index contributed by atoms with van der Waals surface area (Å²) in [5.41, 5.74) is 4.54. The van der Waals surface area contributed by atoms with Crippen LogP contribution in [0.3, 0.4) is 0 Å². The highest BCUT2D eigenvalue weighted by atomic mass is 16.5. The zero-order valence-electron chi connectivity index (χ0n) is 12.4. The van der Waals surface area contributed by atoms with Crippen LogP contribution in [-0.2, 0) is 4.74 Å². The Bertz CT molecular complexity index is 284. The number of hydrazine groups is 1. The average molecular weight is 266 g/mol. The molecule has 0 bridgehead atoms. The second-order valence-electron chi connectivity index (χ2n) is 6.12. The first kappa shape index (κ1) is 15.0. The summed E-state index contributed by atoms with van der Waals surface area (Å²) in [7, 11) is 1.85. The average Bonchev–Trinajstić information content (AvgIpc) is 2.74. The standard InChI is InChI=1S/C16H30N2O/c1-19-16(14-11-7-4-8-12-14)15(18-17)13-9-5-2-3-6-10-13/h9,14-16,18H,2-8,10-12,17H2,1H3. The molecule has 19 heavy (non-hydrogen) atoms. The van der Waals surface area contributed by atoms with Crippen LogP contribution in [0.1, 0.15) is 64.2 Å². The third kappa shape index (κ3) is 4.04. The minimum atomic E-state index is 0.214. The molecule has 3 nitrogen and oxygen atoms in total. The van der Waals surface area contributed by atoms with Crippen molar-refractivity contribution < 1.29 is 4.74 Å². The smallest absolute Gasteiger partial charge is 0.0803 e. The molecule has 2 unspecified atom stereocenters. The Morgan fingerprint density at radius 2 is 1.89 bits per heavy atom. The number of rotatable bonds is 5. The van der Waals surface area contributed by atoms with Crippen molar-refractivity contribution in [3.05, 3.63) is 11.6 Å². The molecular weight excluding hydrogens is 236 g/mol. The second-order valence-corrected chi connectivity index (χ2v) is 6.12. The van der Waals surface area contributed by atoms with Crippen LogP contribution in [-0.4, -0.2) is 19.3 Å². The van der Waals surface area contributed by atoms with Crippen LogP contribution < -0.4 is 11.3 Å². The summed E-state index contributed by atoms with van der Waals surface area (Å²) >= 11 is 0. The van der Waals surface area contributed by atoms with Crippen LogP contribution in [0.4, 0.5) is 0 Å². The van der Waals surface area contributed by atoms with Gasteiger partial charge in [0, 0.05) is 7.11 Å². The lowest BCUT2D eigenvalue weighted by molar-refractivity contribution is 0.0162. The van der Waals surface area contributed by atoms with Crippen LogP contribution in [0.5, 0.6) is 0 Å². The fourth-order valence-electron chi connectivity index (χ4n) is 3.80. The zero-order valence-corrected chi connectivity index (χ0v) is 12.4. The van der Waals surface area contributed by atoms with E-state index in [1.807, 2.05) is 7.11 Å². The van der Waals surface area contributed by atoms with Crippen molar-refractivity contribution in [3.63, 3.8) is 0 Å². The number of allylic oxidation sites excluding steroid dienone is 1. The fourth-order valence-corrected chi connectivity index (χ4v) is 3.80. The largest absolute Gasteiger partial charge is 0.379 e. The van der Waals surface area contributed by atoms with Crippen molar-refractivity contribution in [2.45, 2.75) is 76.4 Å². The molecule has 0 amide bonds. The Labute approximate surface area is 117 Å². The van der Waals surface area contributed by atoms with Crippen LogP contribution in [0.15, 0.2) is 11.6 Å². The highest BCUT2D eigenvalue weighted by Crippen LogP contribution is 2.32. The molecule has 0 aromatic heterocycles. The first-order chi connectivity index (χ1) is 9.36. The number of nitrogens with two attached hydrogens (primary N) is 1. The van der Waals surface area contributed by atoms with E-state index in [0.29, 0.717) is 5.92 Å². The van der Waals surface area contributed by atoms with Crippen LogP contribution >= 0.6 is 0 Å². The summed E-state index contributed by atoms with van der Waals surface area (Å²) in [6.45, 7) is 0. The molecule has 2 aliphatic rings. The first-order valence-electron chi connectivity index (χ1n) is 8.04. The molecule has 0 aromatic rings. The van der Waals surface area contributed by atoms with Gasteiger partial charge in [0.1, 0.15) is 0 Å². The van der Waals surface area contributed by atoms with Crippen molar-refractivity contribution in [2.75, 3.05) is 7.11 Å². The summed E-state index contributed by atoms with van der Waals surface area (Å²) in [6, 6.07) is 0.214. The van der Waals surface area contributed by atoms with Crippen molar-refractivity contribution in [1.29, 1.82) is 0 Å². The maximum Gasteiger partial charge on any atom is 0.0803 e. The van der Waals surface area contributed by atoms with E-state index in [4.69, 9.17) is 10.6 Å². The molecule has 1 saturated carbocycles. The number of methoxy groups -OCH3 is 1. The van der Waals surface area contributed by atoms with Gasteiger partial charge in [-0.2, -0.15) is 0 Å². The molecule has 110 valence electrons. The van der Waals surface area contributed by atoms with E-state index in [9.17, 15) is 0 Å². The Hall–Kier alpha value is -0.380. The number of hydrogen-bond acceptors (Lipinski definition) is 3. The van der Waals surface area contributed by atoms with E-state index >= 15 is 0 Å².